The summed E-state index contributed by atoms with van der Waals surface area (Å²) in [6.07, 6.45) is 7.26. The highest BCUT2D eigenvalue weighted by Gasteiger charge is 2.35. The van der Waals surface area contributed by atoms with Crippen LogP contribution < -0.4 is 0 Å². The van der Waals surface area contributed by atoms with E-state index in [1.807, 2.05) is 6.07 Å². The molecule has 1 aliphatic rings. The third-order valence-corrected chi connectivity index (χ3v) is 3.86. The Morgan fingerprint density at radius 1 is 1.06 bits per heavy atom. The van der Waals surface area contributed by atoms with Gasteiger partial charge in [-0.25, -0.2) is 4.39 Å². The molecular weight excluding hydrogens is 199 g/mol. The van der Waals surface area contributed by atoms with Crippen LogP contribution in [0, 0.1) is 11.2 Å². The van der Waals surface area contributed by atoms with Gasteiger partial charge in [-0.1, -0.05) is 32.8 Å². The Kier molecular flexibility index (Phi) is 3.32. The van der Waals surface area contributed by atoms with E-state index in [9.17, 15) is 4.39 Å². The molecule has 0 atom stereocenters. The molecule has 0 bridgehead atoms. The lowest BCUT2D eigenvalue weighted by Gasteiger charge is -2.28. The summed E-state index contributed by atoms with van der Waals surface area (Å²) >= 11 is 0. The van der Waals surface area contributed by atoms with Gasteiger partial charge in [0.05, 0.1) is 0 Å². The number of rotatable bonds is 4. The van der Waals surface area contributed by atoms with Gasteiger partial charge in [0, 0.05) is 0 Å². The van der Waals surface area contributed by atoms with Crippen molar-refractivity contribution in [3.8, 4) is 0 Å². The first kappa shape index (κ1) is 11.6. The highest BCUT2D eigenvalue weighted by Crippen LogP contribution is 2.44. The molecule has 0 fully saturated rings. The smallest absolute Gasteiger partial charge is 0.123 e. The van der Waals surface area contributed by atoms with Crippen LogP contribution in [-0.4, -0.2) is 0 Å². The molecule has 0 aromatic heterocycles. The topological polar surface area (TPSA) is 0 Å². The maximum absolute atomic E-state index is 13.2. The van der Waals surface area contributed by atoms with E-state index in [-0.39, 0.29) is 5.82 Å². The van der Waals surface area contributed by atoms with Gasteiger partial charge in [0.15, 0.2) is 0 Å². The van der Waals surface area contributed by atoms with Crippen molar-refractivity contribution in [3.05, 3.63) is 35.1 Å². The summed E-state index contributed by atoms with van der Waals surface area (Å²) < 4.78 is 13.2. The molecule has 0 radical (unpaired) electrons. The lowest BCUT2D eigenvalue weighted by molar-refractivity contribution is 0.250. The molecule has 0 spiro atoms. The summed E-state index contributed by atoms with van der Waals surface area (Å²) in [6, 6.07) is 5.33. The molecule has 0 nitrogen and oxygen atoms in total. The van der Waals surface area contributed by atoms with Crippen molar-refractivity contribution in [2.45, 2.75) is 52.4 Å². The molecule has 0 saturated heterocycles. The van der Waals surface area contributed by atoms with Gasteiger partial charge in [0.25, 0.3) is 0 Å². The Hall–Kier alpha value is -0.850. The standard InChI is InChI=1S/C15H21F/c1-3-7-15(8-4-2)10-12-5-6-14(16)9-13(12)11-15/h5-6,9H,3-4,7-8,10-11H2,1-2H3. The molecule has 88 valence electrons. The quantitative estimate of drug-likeness (QED) is 0.700. The maximum Gasteiger partial charge on any atom is 0.123 e. The van der Waals surface area contributed by atoms with Crippen molar-refractivity contribution in [2.24, 2.45) is 5.41 Å². The predicted octanol–water partition coefficient (Wildman–Crippen LogP) is 4.51. The second-order valence-electron chi connectivity index (χ2n) is 5.27. The molecule has 16 heavy (non-hydrogen) atoms. The number of hydrogen-bond donors (Lipinski definition) is 0. The molecule has 1 heteroatoms. The first-order valence-electron chi connectivity index (χ1n) is 6.46. The van der Waals surface area contributed by atoms with Crippen LogP contribution in [0.1, 0.15) is 50.7 Å². The van der Waals surface area contributed by atoms with Gasteiger partial charge in [0.2, 0.25) is 0 Å². The van der Waals surface area contributed by atoms with Gasteiger partial charge < -0.3 is 0 Å². The van der Waals surface area contributed by atoms with Gasteiger partial charge in [-0.15, -0.1) is 0 Å². The molecule has 0 amide bonds. The monoisotopic (exact) mass is 220 g/mol. The van der Waals surface area contributed by atoms with Crippen LogP contribution in [0.25, 0.3) is 0 Å². The van der Waals surface area contributed by atoms with Crippen molar-refractivity contribution in [1.82, 2.24) is 0 Å². The van der Waals surface area contributed by atoms with E-state index in [1.165, 1.54) is 36.8 Å². The van der Waals surface area contributed by atoms with Crippen molar-refractivity contribution in [1.29, 1.82) is 0 Å². The zero-order chi connectivity index (χ0) is 11.6. The van der Waals surface area contributed by atoms with E-state index in [0.29, 0.717) is 5.41 Å². The third kappa shape index (κ3) is 2.14. The lowest BCUT2D eigenvalue weighted by atomic mass is 9.77. The molecule has 0 N–H and O–H groups in total. The molecule has 0 unspecified atom stereocenters. The molecule has 1 aliphatic carbocycles. The fraction of sp³-hybridized carbons (Fsp3) is 0.600. The van der Waals surface area contributed by atoms with E-state index in [1.54, 1.807) is 12.1 Å². The van der Waals surface area contributed by atoms with E-state index in [4.69, 9.17) is 0 Å². The van der Waals surface area contributed by atoms with Gasteiger partial charge in [-0.05, 0) is 54.4 Å². The highest BCUT2D eigenvalue weighted by molar-refractivity contribution is 5.34. The fourth-order valence-corrected chi connectivity index (χ4v) is 3.34. The van der Waals surface area contributed by atoms with Crippen molar-refractivity contribution in [2.75, 3.05) is 0 Å². The average Bonchev–Trinajstić information content (AvgIpc) is 2.56. The second-order valence-corrected chi connectivity index (χ2v) is 5.27. The largest absolute Gasteiger partial charge is 0.207 e. The zero-order valence-electron chi connectivity index (χ0n) is 10.4. The van der Waals surface area contributed by atoms with Gasteiger partial charge in [-0.3, -0.25) is 0 Å². The summed E-state index contributed by atoms with van der Waals surface area (Å²) in [7, 11) is 0. The predicted molar refractivity (Wildman–Crippen MR) is 66.1 cm³/mol. The summed E-state index contributed by atoms with van der Waals surface area (Å²) in [5, 5.41) is 0. The molecule has 0 saturated carbocycles. The van der Waals surface area contributed by atoms with Crippen LogP contribution >= 0.6 is 0 Å². The zero-order valence-corrected chi connectivity index (χ0v) is 10.4. The molecule has 1 aromatic carbocycles. The van der Waals surface area contributed by atoms with Gasteiger partial charge in [0.1, 0.15) is 5.82 Å². The summed E-state index contributed by atoms with van der Waals surface area (Å²) in [4.78, 5) is 0. The minimum Gasteiger partial charge on any atom is -0.207 e. The van der Waals surface area contributed by atoms with Crippen molar-refractivity contribution >= 4 is 0 Å². The Bertz CT molecular complexity index is 362. The normalized spacial score (nSPS) is 17.4. The third-order valence-electron chi connectivity index (χ3n) is 3.86. The lowest BCUT2D eigenvalue weighted by Crippen LogP contribution is -2.20. The van der Waals surface area contributed by atoms with E-state index >= 15 is 0 Å². The molecule has 0 heterocycles. The molecule has 0 aliphatic heterocycles. The van der Waals surface area contributed by atoms with E-state index in [0.717, 1.165) is 12.8 Å². The number of benzene rings is 1. The number of halogens is 1. The van der Waals surface area contributed by atoms with Crippen molar-refractivity contribution < 1.29 is 4.39 Å². The van der Waals surface area contributed by atoms with Crippen molar-refractivity contribution in [3.63, 3.8) is 0 Å². The Balaban J connectivity index is 2.23. The Morgan fingerprint density at radius 2 is 1.69 bits per heavy atom. The highest BCUT2D eigenvalue weighted by atomic mass is 19.1. The second kappa shape index (κ2) is 4.57. The van der Waals surface area contributed by atoms with Crippen LogP contribution in [0.4, 0.5) is 4.39 Å². The van der Waals surface area contributed by atoms with Crippen LogP contribution in [0.15, 0.2) is 18.2 Å². The number of hydrogen-bond acceptors (Lipinski definition) is 0. The number of fused-ring (bicyclic) bond motifs is 1. The van der Waals surface area contributed by atoms with E-state index < -0.39 is 0 Å². The van der Waals surface area contributed by atoms with Crippen LogP contribution in [0.3, 0.4) is 0 Å². The Labute approximate surface area is 97.9 Å². The van der Waals surface area contributed by atoms with Crippen LogP contribution in [0.5, 0.6) is 0 Å². The fourth-order valence-electron chi connectivity index (χ4n) is 3.34. The summed E-state index contributed by atoms with van der Waals surface area (Å²) in [5.41, 5.74) is 3.06. The minimum absolute atomic E-state index is 0.0810. The average molecular weight is 220 g/mol. The maximum atomic E-state index is 13.2. The van der Waals surface area contributed by atoms with Crippen LogP contribution in [0.2, 0.25) is 0 Å². The Morgan fingerprint density at radius 3 is 2.31 bits per heavy atom. The molecule has 1 aromatic rings. The molecule has 2 rings (SSSR count). The first-order valence-corrected chi connectivity index (χ1v) is 6.46. The summed E-state index contributed by atoms with van der Waals surface area (Å²) in [6.45, 7) is 4.50. The summed E-state index contributed by atoms with van der Waals surface area (Å²) in [5.74, 6) is -0.0810. The van der Waals surface area contributed by atoms with Crippen LogP contribution in [-0.2, 0) is 12.8 Å². The minimum atomic E-state index is -0.0810. The first-order chi connectivity index (χ1) is 7.69. The van der Waals surface area contributed by atoms with Gasteiger partial charge in [-0.2, -0.15) is 0 Å². The van der Waals surface area contributed by atoms with Gasteiger partial charge >= 0.3 is 0 Å². The van der Waals surface area contributed by atoms with E-state index in [2.05, 4.69) is 13.8 Å². The SMILES string of the molecule is CCCC1(CCC)Cc2ccc(F)cc2C1. The molecular formula is C15H21F.